The second-order valence-corrected chi connectivity index (χ2v) is 9.51. The molecule has 40 heavy (non-hydrogen) atoms. The van der Waals surface area contributed by atoms with Crippen LogP contribution in [0.5, 0.6) is 5.75 Å². The van der Waals surface area contributed by atoms with Crippen LogP contribution in [0.4, 0.5) is 11.4 Å². The number of esters is 1. The van der Waals surface area contributed by atoms with Gasteiger partial charge in [0.25, 0.3) is 0 Å². The number of methoxy groups -OCH3 is 2. The molecule has 2 aromatic heterocycles. The maximum Gasteiger partial charge on any atom is 0.337 e. The quantitative estimate of drug-likeness (QED) is 0.226. The summed E-state index contributed by atoms with van der Waals surface area (Å²) >= 11 is 5.89. The average Bonchev–Trinajstić information content (AvgIpc) is 3.61. The number of hydrogen-bond acceptors (Lipinski definition) is 6. The van der Waals surface area contributed by atoms with Gasteiger partial charge in [-0.25, -0.2) is 4.79 Å². The Hall–Kier alpha value is -4.70. The van der Waals surface area contributed by atoms with Crippen LogP contribution in [-0.2, 0) is 9.53 Å². The molecule has 9 nitrogen and oxygen atoms in total. The molecule has 204 valence electrons. The number of thiocarbonyl (C=S) groups is 1. The summed E-state index contributed by atoms with van der Waals surface area (Å²) in [6.45, 7) is 1.79. The van der Waals surface area contributed by atoms with Crippen molar-refractivity contribution in [1.82, 2.24) is 14.9 Å². The lowest BCUT2D eigenvalue weighted by atomic mass is 10.0. The molecule has 2 N–H and O–H groups in total. The smallest absolute Gasteiger partial charge is 0.337 e. The molecule has 2 atom stereocenters. The number of hydrogen-bond donors (Lipinski definition) is 2. The Morgan fingerprint density at radius 2 is 1.88 bits per heavy atom. The third kappa shape index (κ3) is 5.13. The van der Waals surface area contributed by atoms with Crippen LogP contribution in [0.15, 0.2) is 85.2 Å². The van der Waals surface area contributed by atoms with Gasteiger partial charge in [0.05, 0.1) is 37.2 Å². The minimum atomic E-state index is -0.408. The predicted molar refractivity (Wildman–Crippen MR) is 157 cm³/mol. The van der Waals surface area contributed by atoms with E-state index in [0.717, 1.165) is 22.8 Å². The highest BCUT2D eigenvalue weighted by molar-refractivity contribution is 7.80. The van der Waals surface area contributed by atoms with Gasteiger partial charge in [-0.1, -0.05) is 19.1 Å². The Labute approximate surface area is 237 Å². The number of benzene rings is 2. The Bertz CT molecular complexity index is 1550. The molecule has 0 radical (unpaired) electrons. The first kappa shape index (κ1) is 26.9. The number of aromatic nitrogens is 2. The van der Waals surface area contributed by atoms with Gasteiger partial charge in [0.15, 0.2) is 5.11 Å². The molecule has 3 heterocycles. The molecule has 1 amide bonds. The van der Waals surface area contributed by atoms with Crippen molar-refractivity contribution in [3.05, 3.63) is 102 Å². The minimum absolute atomic E-state index is 0.107. The summed E-state index contributed by atoms with van der Waals surface area (Å²) in [7, 11) is 2.93. The van der Waals surface area contributed by atoms with Crippen molar-refractivity contribution in [2.24, 2.45) is 0 Å². The maximum atomic E-state index is 12.3. The van der Waals surface area contributed by atoms with E-state index in [0.29, 0.717) is 28.5 Å². The number of amides is 1. The van der Waals surface area contributed by atoms with Crippen molar-refractivity contribution in [2.75, 3.05) is 24.4 Å². The van der Waals surface area contributed by atoms with Gasteiger partial charge in [-0.3, -0.25) is 9.78 Å². The molecule has 0 unspecified atom stereocenters. The number of pyridine rings is 1. The van der Waals surface area contributed by atoms with E-state index in [1.807, 2.05) is 76.3 Å². The molecule has 1 aliphatic rings. The predicted octanol–water partition coefficient (Wildman–Crippen LogP) is 5.19. The van der Waals surface area contributed by atoms with Crippen LogP contribution in [0, 0.1) is 0 Å². The van der Waals surface area contributed by atoms with Crippen molar-refractivity contribution in [1.29, 1.82) is 0 Å². The lowest BCUT2D eigenvalue weighted by Gasteiger charge is -2.29. The van der Waals surface area contributed by atoms with E-state index in [-0.39, 0.29) is 18.0 Å². The Morgan fingerprint density at radius 1 is 1.02 bits per heavy atom. The van der Waals surface area contributed by atoms with Crippen LogP contribution in [0.3, 0.4) is 0 Å². The van der Waals surface area contributed by atoms with Gasteiger partial charge in [-0.15, -0.1) is 0 Å². The number of nitrogens with zero attached hydrogens (tertiary/aromatic N) is 3. The van der Waals surface area contributed by atoms with E-state index in [2.05, 4.69) is 15.6 Å². The molecule has 0 aliphatic carbocycles. The van der Waals surface area contributed by atoms with Crippen LogP contribution < -0.4 is 20.3 Å². The van der Waals surface area contributed by atoms with Crippen molar-refractivity contribution < 1.29 is 19.1 Å². The van der Waals surface area contributed by atoms with Crippen molar-refractivity contribution >= 4 is 40.6 Å². The zero-order valence-corrected chi connectivity index (χ0v) is 23.1. The third-order valence-electron chi connectivity index (χ3n) is 6.79. The molecule has 0 bridgehead atoms. The van der Waals surface area contributed by atoms with Gasteiger partial charge in [0, 0.05) is 41.9 Å². The fourth-order valence-corrected chi connectivity index (χ4v) is 5.22. The van der Waals surface area contributed by atoms with Gasteiger partial charge in [0.2, 0.25) is 5.91 Å². The highest BCUT2D eigenvalue weighted by Crippen LogP contribution is 2.44. The van der Waals surface area contributed by atoms with Gasteiger partial charge < -0.3 is 29.6 Å². The third-order valence-corrected chi connectivity index (χ3v) is 7.10. The first-order valence-electron chi connectivity index (χ1n) is 12.8. The highest BCUT2D eigenvalue weighted by atomic mass is 32.1. The number of carbonyl (C=O) groups excluding carboxylic acids is 2. The number of carbonyl (C=O) groups is 2. The number of nitrogens with one attached hydrogen (secondary N) is 2. The van der Waals surface area contributed by atoms with E-state index < -0.39 is 5.97 Å². The lowest BCUT2D eigenvalue weighted by molar-refractivity contribution is -0.115. The van der Waals surface area contributed by atoms with Crippen LogP contribution >= 0.6 is 12.2 Å². The van der Waals surface area contributed by atoms with Crippen LogP contribution in [0.25, 0.3) is 5.69 Å². The zero-order valence-electron chi connectivity index (χ0n) is 22.3. The van der Waals surface area contributed by atoms with Gasteiger partial charge in [0.1, 0.15) is 11.8 Å². The molecule has 10 heteroatoms. The Morgan fingerprint density at radius 3 is 2.60 bits per heavy atom. The number of ether oxygens (including phenoxy) is 2. The van der Waals surface area contributed by atoms with E-state index in [9.17, 15) is 9.59 Å². The maximum absolute atomic E-state index is 12.3. The summed E-state index contributed by atoms with van der Waals surface area (Å²) in [4.78, 5) is 31.0. The summed E-state index contributed by atoms with van der Waals surface area (Å²) in [6, 6.07) is 22.0. The topological polar surface area (TPSA) is 97.7 Å². The van der Waals surface area contributed by atoms with Crippen molar-refractivity contribution in [3.63, 3.8) is 0 Å². The molecule has 1 saturated heterocycles. The summed E-state index contributed by atoms with van der Waals surface area (Å²) in [6.07, 6.45) is 4.06. The number of anilines is 2. The second kappa shape index (κ2) is 11.6. The molecule has 1 aliphatic heterocycles. The van der Waals surface area contributed by atoms with Crippen LogP contribution in [0.2, 0.25) is 0 Å². The average molecular weight is 556 g/mol. The Balaban J connectivity index is 1.63. The summed E-state index contributed by atoms with van der Waals surface area (Å²) in [5.41, 5.74) is 4.36. The van der Waals surface area contributed by atoms with Crippen LogP contribution in [0.1, 0.15) is 47.2 Å². The molecular formula is C30H29N5O4S. The summed E-state index contributed by atoms with van der Waals surface area (Å²) < 4.78 is 12.6. The number of rotatable bonds is 8. The summed E-state index contributed by atoms with van der Waals surface area (Å²) in [5, 5.41) is 6.86. The van der Waals surface area contributed by atoms with Gasteiger partial charge >= 0.3 is 5.97 Å². The molecule has 0 spiro atoms. The zero-order chi connectivity index (χ0) is 28.2. The fraction of sp³-hybridized carbons (Fsp3) is 0.200. The van der Waals surface area contributed by atoms with E-state index in [1.54, 1.807) is 32.4 Å². The van der Waals surface area contributed by atoms with Crippen molar-refractivity contribution in [3.8, 4) is 11.4 Å². The lowest BCUT2D eigenvalue weighted by Crippen LogP contribution is -2.30. The Kier molecular flexibility index (Phi) is 7.79. The summed E-state index contributed by atoms with van der Waals surface area (Å²) in [5.74, 6) is 0.00224. The molecule has 1 fully saturated rings. The van der Waals surface area contributed by atoms with E-state index in [1.165, 1.54) is 7.11 Å². The standard InChI is InChI=1S/C30H29N5O4S/c1-4-26(36)32-22-14-13-21(18-25(22)38-2)35-28(27(33-30(35)40)23-11-5-6-15-31-23)24-12-8-16-34(24)20-10-7-9-19(17-20)29(37)39-3/h5-18,27-28H,4H2,1-3H3,(H,32,36)(H,33,40)/t27-,28-/m0/s1. The van der Waals surface area contributed by atoms with Crippen molar-refractivity contribution in [2.45, 2.75) is 25.4 Å². The largest absolute Gasteiger partial charge is 0.494 e. The monoisotopic (exact) mass is 555 g/mol. The molecule has 0 saturated carbocycles. The fourth-order valence-electron chi connectivity index (χ4n) is 4.88. The molecule has 5 rings (SSSR count). The van der Waals surface area contributed by atoms with Crippen LogP contribution in [-0.4, -0.2) is 40.8 Å². The van der Waals surface area contributed by atoms with E-state index >= 15 is 0 Å². The normalized spacial score (nSPS) is 16.4. The SMILES string of the molecule is CCC(=O)Nc1ccc(N2C(=S)N[C@@H](c3ccccn3)[C@@H]2c2cccn2-c2cccc(C(=O)OC)c2)cc1OC. The molecular weight excluding hydrogens is 526 g/mol. The van der Waals surface area contributed by atoms with Gasteiger partial charge in [-0.2, -0.15) is 0 Å². The second-order valence-electron chi connectivity index (χ2n) is 9.13. The van der Waals surface area contributed by atoms with E-state index in [4.69, 9.17) is 21.7 Å². The first-order valence-corrected chi connectivity index (χ1v) is 13.2. The molecule has 4 aromatic rings. The molecule has 2 aromatic carbocycles. The highest BCUT2D eigenvalue weighted by Gasteiger charge is 2.42. The first-order chi connectivity index (χ1) is 19.4. The van der Waals surface area contributed by atoms with Gasteiger partial charge in [-0.05, 0) is 66.8 Å². The minimum Gasteiger partial charge on any atom is -0.494 e.